The van der Waals surface area contributed by atoms with Crippen LogP contribution in [0, 0.1) is 0 Å². The van der Waals surface area contributed by atoms with Gasteiger partial charge in [0.1, 0.15) is 5.75 Å². The summed E-state index contributed by atoms with van der Waals surface area (Å²) in [4.78, 5) is 2.34. The fraction of sp³-hybridized carbons (Fsp3) is 0. The Morgan fingerprint density at radius 1 is 0.423 bits per heavy atom. The van der Waals surface area contributed by atoms with Gasteiger partial charge in [0.05, 0.1) is 16.7 Å². The van der Waals surface area contributed by atoms with Crippen molar-refractivity contribution < 1.29 is 5.11 Å². The standard InChI is InChI=1S/C48H32N2OS/c51-39-27-28-43-42(31-39)48-44(15-9-16-45(48)50(43)38-26-29-47-41(30-38)40-14-7-8-17-46(40)52-47)49(36-22-18-34(19-23-36)32-10-3-1-4-11-32)37-24-20-35(21-25-37)33-12-5-2-6-13-33/h1-31,51H. The molecule has 0 unspecified atom stereocenters. The van der Waals surface area contributed by atoms with Crippen molar-refractivity contribution in [3.8, 4) is 33.7 Å². The van der Waals surface area contributed by atoms with E-state index in [1.165, 1.54) is 42.4 Å². The number of nitrogens with zero attached hydrogens (tertiary/aromatic N) is 2. The van der Waals surface area contributed by atoms with Crippen LogP contribution in [0.4, 0.5) is 17.1 Å². The summed E-state index contributed by atoms with van der Waals surface area (Å²) in [7, 11) is 0. The van der Waals surface area contributed by atoms with Gasteiger partial charge in [-0.1, -0.05) is 109 Å². The average Bonchev–Trinajstić information content (AvgIpc) is 3.74. The van der Waals surface area contributed by atoms with Crippen molar-refractivity contribution >= 4 is 70.4 Å². The van der Waals surface area contributed by atoms with Crippen LogP contribution in [-0.4, -0.2) is 9.67 Å². The Hall–Kier alpha value is -6.62. The Kier molecular flexibility index (Phi) is 7.15. The second-order valence-electron chi connectivity index (χ2n) is 13.1. The fourth-order valence-corrected chi connectivity index (χ4v) is 8.74. The topological polar surface area (TPSA) is 28.4 Å². The van der Waals surface area contributed by atoms with E-state index >= 15 is 0 Å². The van der Waals surface area contributed by atoms with Crippen molar-refractivity contribution in [3.05, 3.63) is 188 Å². The SMILES string of the molecule is Oc1ccc2c(c1)c1c(N(c3ccc(-c4ccccc4)cc3)c3ccc(-c4ccccc4)cc3)cccc1n2-c1ccc2sc3ccccc3c2c1. The number of benzene rings is 8. The molecule has 0 amide bonds. The third kappa shape index (κ3) is 5.04. The molecule has 1 N–H and O–H groups in total. The predicted molar refractivity (Wildman–Crippen MR) is 221 cm³/mol. The van der Waals surface area contributed by atoms with E-state index in [0.29, 0.717) is 0 Å². The number of aromatic nitrogens is 1. The quantitative estimate of drug-likeness (QED) is 0.189. The molecule has 0 bridgehead atoms. The molecule has 8 aromatic carbocycles. The van der Waals surface area contributed by atoms with Crippen molar-refractivity contribution in [2.24, 2.45) is 0 Å². The van der Waals surface area contributed by atoms with E-state index in [1.54, 1.807) is 6.07 Å². The highest BCUT2D eigenvalue weighted by molar-refractivity contribution is 7.25. The normalized spacial score (nSPS) is 11.5. The van der Waals surface area contributed by atoms with E-state index in [9.17, 15) is 5.11 Å². The number of aromatic hydroxyl groups is 1. The van der Waals surface area contributed by atoms with Crippen molar-refractivity contribution in [3.63, 3.8) is 0 Å². The monoisotopic (exact) mass is 684 g/mol. The minimum Gasteiger partial charge on any atom is -0.508 e. The molecule has 0 saturated carbocycles. The van der Waals surface area contributed by atoms with Gasteiger partial charge >= 0.3 is 0 Å². The summed E-state index contributed by atoms with van der Waals surface area (Å²) in [6.07, 6.45) is 0. The molecule has 10 aromatic rings. The van der Waals surface area contributed by atoms with Gasteiger partial charge in [-0.2, -0.15) is 0 Å². The van der Waals surface area contributed by atoms with Crippen LogP contribution in [0.5, 0.6) is 5.75 Å². The number of hydrogen-bond donors (Lipinski definition) is 1. The predicted octanol–water partition coefficient (Wildman–Crippen LogP) is 13.7. The van der Waals surface area contributed by atoms with Gasteiger partial charge in [0.2, 0.25) is 0 Å². The van der Waals surface area contributed by atoms with E-state index in [4.69, 9.17) is 0 Å². The Morgan fingerprint density at radius 2 is 1.02 bits per heavy atom. The summed E-state index contributed by atoms with van der Waals surface area (Å²) in [6, 6.07) is 66.3. The van der Waals surface area contributed by atoms with E-state index in [1.807, 2.05) is 35.6 Å². The van der Waals surface area contributed by atoms with Gasteiger partial charge in [0.25, 0.3) is 0 Å². The molecule has 10 rings (SSSR count). The van der Waals surface area contributed by atoms with Crippen molar-refractivity contribution in [1.29, 1.82) is 0 Å². The first kappa shape index (κ1) is 30.2. The highest BCUT2D eigenvalue weighted by Crippen LogP contribution is 2.45. The number of thiophene rings is 1. The molecule has 0 aliphatic heterocycles. The number of phenols is 1. The van der Waals surface area contributed by atoms with Gasteiger partial charge in [-0.15, -0.1) is 11.3 Å². The van der Waals surface area contributed by atoms with Gasteiger partial charge < -0.3 is 14.6 Å². The number of fused-ring (bicyclic) bond motifs is 6. The van der Waals surface area contributed by atoms with Gasteiger partial charge in [0, 0.05) is 48.0 Å². The van der Waals surface area contributed by atoms with E-state index in [0.717, 1.165) is 44.6 Å². The second kappa shape index (κ2) is 12.3. The van der Waals surface area contributed by atoms with Crippen LogP contribution in [0.1, 0.15) is 0 Å². The Morgan fingerprint density at radius 3 is 1.69 bits per heavy atom. The van der Waals surface area contributed by atoms with Gasteiger partial charge in [-0.05, 0) is 101 Å². The van der Waals surface area contributed by atoms with E-state index in [2.05, 4.69) is 167 Å². The fourth-order valence-electron chi connectivity index (χ4n) is 7.65. The summed E-state index contributed by atoms with van der Waals surface area (Å²) in [5.41, 5.74) is 11.0. The lowest BCUT2D eigenvalue weighted by Gasteiger charge is -2.27. The van der Waals surface area contributed by atoms with E-state index < -0.39 is 0 Å². The molecule has 4 heteroatoms. The largest absolute Gasteiger partial charge is 0.508 e. The maximum atomic E-state index is 10.9. The Bertz CT molecular complexity index is 2810. The maximum Gasteiger partial charge on any atom is 0.116 e. The summed E-state index contributed by atoms with van der Waals surface area (Å²) in [6.45, 7) is 0. The molecule has 0 saturated heterocycles. The lowest BCUT2D eigenvalue weighted by molar-refractivity contribution is 0.476. The molecular formula is C48H32N2OS. The van der Waals surface area contributed by atoms with Crippen LogP contribution in [0.15, 0.2) is 188 Å². The molecule has 52 heavy (non-hydrogen) atoms. The Balaban J connectivity index is 1.20. The van der Waals surface area contributed by atoms with Crippen LogP contribution in [0.25, 0.3) is 69.9 Å². The maximum absolute atomic E-state index is 10.9. The van der Waals surface area contributed by atoms with Crippen LogP contribution in [0.2, 0.25) is 0 Å². The molecule has 3 nitrogen and oxygen atoms in total. The highest BCUT2D eigenvalue weighted by Gasteiger charge is 2.22. The number of phenolic OH excluding ortho intramolecular Hbond substituents is 1. The average molecular weight is 685 g/mol. The molecule has 0 fully saturated rings. The smallest absolute Gasteiger partial charge is 0.116 e. The van der Waals surface area contributed by atoms with Crippen LogP contribution >= 0.6 is 11.3 Å². The van der Waals surface area contributed by atoms with Crippen LogP contribution in [0.3, 0.4) is 0 Å². The second-order valence-corrected chi connectivity index (χ2v) is 14.2. The molecule has 0 spiro atoms. The first-order valence-corrected chi connectivity index (χ1v) is 18.3. The lowest BCUT2D eigenvalue weighted by Crippen LogP contribution is -2.10. The number of rotatable bonds is 6. The zero-order valence-electron chi connectivity index (χ0n) is 28.1. The molecule has 0 aliphatic carbocycles. The zero-order valence-corrected chi connectivity index (χ0v) is 29.0. The summed E-state index contributed by atoms with van der Waals surface area (Å²) in [5.74, 6) is 0.242. The minimum atomic E-state index is 0.242. The zero-order chi connectivity index (χ0) is 34.6. The minimum absolute atomic E-state index is 0.242. The van der Waals surface area contributed by atoms with Gasteiger partial charge in [-0.3, -0.25) is 0 Å². The first-order chi connectivity index (χ1) is 25.7. The van der Waals surface area contributed by atoms with Gasteiger partial charge in [-0.25, -0.2) is 0 Å². The summed E-state index contributed by atoms with van der Waals surface area (Å²) < 4.78 is 4.90. The third-order valence-corrected chi connectivity index (χ3v) is 11.2. The number of anilines is 3. The van der Waals surface area contributed by atoms with Gasteiger partial charge in [0.15, 0.2) is 0 Å². The van der Waals surface area contributed by atoms with E-state index in [-0.39, 0.29) is 5.75 Å². The molecule has 2 aromatic heterocycles. The molecule has 0 atom stereocenters. The third-order valence-electron chi connectivity index (χ3n) is 10.1. The molecule has 246 valence electrons. The van der Waals surface area contributed by atoms with Crippen molar-refractivity contribution in [2.75, 3.05) is 4.90 Å². The van der Waals surface area contributed by atoms with Crippen molar-refractivity contribution in [2.45, 2.75) is 0 Å². The van der Waals surface area contributed by atoms with Crippen molar-refractivity contribution in [1.82, 2.24) is 4.57 Å². The molecule has 0 radical (unpaired) electrons. The molecule has 2 heterocycles. The van der Waals surface area contributed by atoms with Crippen LogP contribution < -0.4 is 4.90 Å². The first-order valence-electron chi connectivity index (χ1n) is 17.5. The highest BCUT2D eigenvalue weighted by atomic mass is 32.1. The van der Waals surface area contributed by atoms with Crippen LogP contribution in [-0.2, 0) is 0 Å². The summed E-state index contributed by atoms with van der Waals surface area (Å²) in [5, 5.41) is 15.5. The lowest BCUT2D eigenvalue weighted by atomic mass is 10.0. The molecular weight excluding hydrogens is 653 g/mol. The Labute approximate surface area is 305 Å². The summed E-state index contributed by atoms with van der Waals surface area (Å²) >= 11 is 1.83. The molecule has 0 aliphatic rings. The number of hydrogen-bond acceptors (Lipinski definition) is 3.